The average Bonchev–Trinajstić information content (AvgIpc) is 2.62. The van der Waals surface area contributed by atoms with Crippen LogP contribution in [0.15, 0.2) is 48.6 Å². The van der Waals surface area contributed by atoms with Crippen molar-refractivity contribution < 1.29 is 4.79 Å². The number of carbonyl (C=O) groups is 1. The van der Waals surface area contributed by atoms with Crippen molar-refractivity contribution in [2.24, 2.45) is 0 Å². The minimum absolute atomic E-state index is 0.0940. The number of hydrogen-bond acceptors (Lipinski definition) is 1. The fraction of sp³-hybridized carbons (Fsp3) is 0.591. The van der Waals surface area contributed by atoms with Crippen molar-refractivity contribution in [2.45, 2.75) is 71.1 Å². The fourth-order valence-corrected chi connectivity index (χ4v) is 2.31. The van der Waals surface area contributed by atoms with Gasteiger partial charge in [0.1, 0.15) is 0 Å². The van der Waals surface area contributed by atoms with E-state index in [2.05, 4.69) is 60.8 Å². The minimum atomic E-state index is 0.0940. The maximum absolute atomic E-state index is 11.3. The number of unbranched alkanes of at least 4 members (excludes halogenated alkanes) is 4. The van der Waals surface area contributed by atoms with E-state index < -0.39 is 0 Å². The molecule has 142 valence electrons. The standard InChI is InChI=1S/C22H36ClNO/c1-2-3-4-5-6-7-8-9-10-11-12-13-14-15-16-17-18-19-22(25)24-21-20-23/h6-7,9-10,12-13,15-16H,2-5,8,11,14,17-21H2,1H3,(H,24,25)/b7-6+,10-9+,13-12-,16-15-. The van der Waals surface area contributed by atoms with Crippen molar-refractivity contribution >= 4 is 17.5 Å². The lowest BCUT2D eigenvalue weighted by Gasteiger charge is -2.00. The van der Waals surface area contributed by atoms with Gasteiger partial charge in [-0.2, -0.15) is 0 Å². The van der Waals surface area contributed by atoms with Gasteiger partial charge in [0.2, 0.25) is 5.91 Å². The maximum Gasteiger partial charge on any atom is 0.220 e. The molecule has 0 bridgehead atoms. The zero-order valence-electron chi connectivity index (χ0n) is 15.9. The molecule has 0 aliphatic carbocycles. The third-order valence-corrected chi connectivity index (χ3v) is 3.84. The highest BCUT2D eigenvalue weighted by Crippen LogP contribution is 2.01. The van der Waals surface area contributed by atoms with Crippen LogP contribution in [0.4, 0.5) is 0 Å². The normalized spacial score (nSPS) is 12.2. The van der Waals surface area contributed by atoms with Gasteiger partial charge in [0.25, 0.3) is 0 Å². The summed E-state index contributed by atoms with van der Waals surface area (Å²) in [5, 5.41) is 2.77. The maximum atomic E-state index is 11.3. The molecule has 0 saturated heterocycles. The molecule has 25 heavy (non-hydrogen) atoms. The highest BCUT2D eigenvalue weighted by molar-refractivity contribution is 6.18. The molecule has 1 N–H and O–H groups in total. The van der Waals surface area contributed by atoms with E-state index in [4.69, 9.17) is 11.6 Å². The summed E-state index contributed by atoms with van der Waals surface area (Å²) in [5.41, 5.74) is 0. The van der Waals surface area contributed by atoms with Crippen LogP contribution < -0.4 is 5.32 Å². The predicted octanol–water partition coefficient (Wildman–Crippen LogP) is 6.49. The molecule has 0 rings (SSSR count). The van der Waals surface area contributed by atoms with Crippen molar-refractivity contribution in [3.8, 4) is 0 Å². The van der Waals surface area contributed by atoms with Gasteiger partial charge >= 0.3 is 0 Å². The lowest BCUT2D eigenvalue weighted by molar-refractivity contribution is -0.121. The molecule has 0 unspecified atom stereocenters. The molecule has 0 aromatic carbocycles. The second kappa shape index (κ2) is 20.8. The smallest absolute Gasteiger partial charge is 0.220 e. The molecule has 0 aliphatic heterocycles. The zero-order chi connectivity index (χ0) is 18.4. The Kier molecular flexibility index (Phi) is 19.7. The van der Waals surface area contributed by atoms with E-state index in [1.807, 2.05) is 0 Å². The molecule has 1 amide bonds. The van der Waals surface area contributed by atoms with Crippen LogP contribution >= 0.6 is 11.6 Å². The Balaban J connectivity index is 3.44. The van der Waals surface area contributed by atoms with Crippen LogP contribution in [0.25, 0.3) is 0 Å². The molecule has 0 heterocycles. The third kappa shape index (κ3) is 20.7. The monoisotopic (exact) mass is 365 g/mol. The topological polar surface area (TPSA) is 29.1 Å². The van der Waals surface area contributed by atoms with Crippen LogP contribution in [0, 0.1) is 0 Å². The first-order chi connectivity index (χ1) is 12.3. The van der Waals surface area contributed by atoms with Crippen LogP contribution in [0.1, 0.15) is 71.1 Å². The summed E-state index contributed by atoms with van der Waals surface area (Å²) >= 11 is 5.51. The Morgan fingerprint density at radius 3 is 1.84 bits per heavy atom. The molecule has 0 saturated carbocycles. The number of carbonyl (C=O) groups excluding carboxylic acids is 1. The van der Waals surface area contributed by atoms with Crippen molar-refractivity contribution in [1.82, 2.24) is 5.32 Å². The molecule has 0 spiro atoms. The van der Waals surface area contributed by atoms with Gasteiger partial charge < -0.3 is 5.32 Å². The second-order valence-electron chi connectivity index (χ2n) is 6.02. The summed E-state index contributed by atoms with van der Waals surface area (Å²) in [6.07, 6.45) is 28.3. The summed E-state index contributed by atoms with van der Waals surface area (Å²) in [6, 6.07) is 0. The summed E-state index contributed by atoms with van der Waals surface area (Å²) in [4.78, 5) is 11.3. The molecule has 0 aromatic rings. The Bertz CT molecular complexity index is 410. The van der Waals surface area contributed by atoms with E-state index in [9.17, 15) is 4.79 Å². The summed E-state index contributed by atoms with van der Waals surface area (Å²) in [5.74, 6) is 0.569. The van der Waals surface area contributed by atoms with Crippen molar-refractivity contribution in [3.63, 3.8) is 0 Å². The number of rotatable bonds is 16. The van der Waals surface area contributed by atoms with Gasteiger partial charge in [0.05, 0.1) is 0 Å². The van der Waals surface area contributed by atoms with Gasteiger partial charge in [-0.15, -0.1) is 11.6 Å². The number of amides is 1. The Labute approximate surface area is 160 Å². The zero-order valence-corrected chi connectivity index (χ0v) is 16.6. The van der Waals surface area contributed by atoms with Gasteiger partial charge in [-0.1, -0.05) is 68.4 Å². The molecular weight excluding hydrogens is 330 g/mol. The largest absolute Gasteiger partial charge is 0.355 e. The molecule has 0 aromatic heterocycles. The lowest BCUT2D eigenvalue weighted by atomic mass is 10.2. The molecule has 0 fully saturated rings. The molecule has 2 nitrogen and oxygen atoms in total. The molecule has 0 atom stereocenters. The van der Waals surface area contributed by atoms with E-state index in [1.165, 1.54) is 25.7 Å². The first-order valence-electron chi connectivity index (χ1n) is 9.73. The first kappa shape index (κ1) is 23.7. The summed E-state index contributed by atoms with van der Waals surface area (Å²) in [6.45, 7) is 2.80. The quantitative estimate of drug-likeness (QED) is 0.189. The summed E-state index contributed by atoms with van der Waals surface area (Å²) < 4.78 is 0. The Morgan fingerprint density at radius 2 is 1.32 bits per heavy atom. The third-order valence-electron chi connectivity index (χ3n) is 3.65. The summed E-state index contributed by atoms with van der Waals surface area (Å²) in [7, 11) is 0. The van der Waals surface area contributed by atoms with Gasteiger partial charge in [0.15, 0.2) is 0 Å². The number of halogens is 1. The molecular formula is C22H36ClNO. The van der Waals surface area contributed by atoms with E-state index >= 15 is 0 Å². The van der Waals surface area contributed by atoms with Crippen molar-refractivity contribution in [2.75, 3.05) is 12.4 Å². The Morgan fingerprint density at radius 1 is 0.800 bits per heavy atom. The van der Waals surface area contributed by atoms with Crippen LogP contribution in [-0.4, -0.2) is 18.3 Å². The van der Waals surface area contributed by atoms with Crippen LogP contribution in [0.2, 0.25) is 0 Å². The van der Waals surface area contributed by atoms with Gasteiger partial charge in [-0.05, 0) is 44.9 Å². The number of allylic oxidation sites excluding steroid dienone is 8. The molecule has 3 heteroatoms. The number of hydrogen-bond donors (Lipinski definition) is 1. The predicted molar refractivity (Wildman–Crippen MR) is 112 cm³/mol. The van der Waals surface area contributed by atoms with E-state index in [1.54, 1.807) is 0 Å². The van der Waals surface area contributed by atoms with Crippen LogP contribution in [0.5, 0.6) is 0 Å². The van der Waals surface area contributed by atoms with Gasteiger partial charge in [0, 0.05) is 18.8 Å². The van der Waals surface area contributed by atoms with Crippen LogP contribution in [0.3, 0.4) is 0 Å². The fourth-order valence-electron chi connectivity index (χ4n) is 2.22. The SMILES string of the molecule is CCCCC/C=C/C/C=C/C/C=C\C/C=C\CCCC(=O)NCCCl. The Hall–Kier alpha value is -1.28. The minimum Gasteiger partial charge on any atom is -0.355 e. The second-order valence-corrected chi connectivity index (χ2v) is 6.40. The average molecular weight is 366 g/mol. The highest BCUT2D eigenvalue weighted by Gasteiger charge is 1.97. The first-order valence-corrected chi connectivity index (χ1v) is 10.3. The lowest BCUT2D eigenvalue weighted by Crippen LogP contribution is -2.24. The molecule has 0 radical (unpaired) electrons. The van der Waals surface area contributed by atoms with E-state index in [-0.39, 0.29) is 5.91 Å². The van der Waals surface area contributed by atoms with Crippen molar-refractivity contribution in [3.05, 3.63) is 48.6 Å². The van der Waals surface area contributed by atoms with Crippen molar-refractivity contribution in [1.29, 1.82) is 0 Å². The van der Waals surface area contributed by atoms with Crippen LogP contribution in [-0.2, 0) is 4.79 Å². The molecule has 0 aliphatic rings. The highest BCUT2D eigenvalue weighted by atomic mass is 35.5. The van der Waals surface area contributed by atoms with Gasteiger partial charge in [-0.3, -0.25) is 4.79 Å². The number of nitrogens with one attached hydrogen (secondary N) is 1. The van der Waals surface area contributed by atoms with Gasteiger partial charge in [-0.25, -0.2) is 0 Å². The number of alkyl halides is 1. The van der Waals surface area contributed by atoms with E-state index in [0.717, 1.165) is 32.1 Å². The van der Waals surface area contributed by atoms with E-state index in [0.29, 0.717) is 18.8 Å².